The predicted molar refractivity (Wildman–Crippen MR) is 70.8 cm³/mol. The lowest BCUT2D eigenvalue weighted by Crippen LogP contribution is -2.18. The normalized spacial score (nSPS) is 10.4. The van der Waals surface area contributed by atoms with Gasteiger partial charge in [-0.05, 0) is 28.1 Å². The van der Waals surface area contributed by atoms with Gasteiger partial charge < -0.3 is 11.1 Å². The molecule has 0 saturated heterocycles. The molecule has 0 fully saturated rings. The average molecular weight is 315 g/mol. The number of thiophene rings is 1. The highest BCUT2D eigenvalue weighted by atomic mass is 79.9. The molecule has 2 aromatic heterocycles. The van der Waals surface area contributed by atoms with Crippen molar-refractivity contribution in [3.8, 4) is 0 Å². The number of anilines is 1. The van der Waals surface area contributed by atoms with Crippen LogP contribution in [0.3, 0.4) is 0 Å². The molecule has 0 bridgehead atoms. The summed E-state index contributed by atoms with van der Waals surface area (Å²) in [5.74, 6) is -0.401. The Balaban J connectivity index is 1.91. The molecule has 90 valence electrons. The Hall–Kier alpha value is -1.34. The molecule has 0 saturated carbocycles. The molecule has 1 amide bonds. The minimum absolute atomic E-state index is 0.103. The van der Waals surface area contributed by atoms with E-state index in [2.05, 4.69) is 32.4 Å². The molecule has 2 heterocycles. The van der Waals surface area contributed by atoms with E-state index in [4.69, 9.17) is 5.73 Å². The lowest BCUT2D eigenvalue weighted by atomic mass is 10.4. The van der Waals surface area contributed by atoms with Gasteiger partial charge in [-0.25, -0.2) is 0 Å². The molecule has 3 N–H and O–H groups in total. The van der Waals surface area contributed by atoms with Crippen molar-refractivity contribution in [3.05, 3.63) is 33.2 Å². The Morgan fingerprint density at radius 2 is 2.41 bits per heavy atom. The molecule has 0 aliphatic carbocycles. The molecular weight excluding hydrogens is 304 g/mol. The minimum Gasteiger partial charge on any atom is -0.378 e. The zero-order chi connectivity index (χ0) is 12.3. The maximum absolute atomic E-state index is 10.7. The first kappa shape index (κ1) is 12.1. The van der Waals surface area contributed by atoms with Gasteiger partial charge in [0.1, 0.15) is 6.54 Å². The monoisotopic (exact) mass is 314 g/mol. The number of amides is 1. The highest BCUT2D eigenvalue weighted by Crippen LogP contribution is 2.22. The minimum atomic E-state index is -0.401. The molecule has 2 rings (SSSR count). The van der Waals surface area contributed by atoms with Gasteiger partial charge in [-0.1, -0.05) is 0 Å². The van der Waals surface area contributed by atoms with Gasteiger partial charge >= 0.3 is 0 Å². The summed E-state index contributed by atoms with van der Waals surface area (Å²) in [7, 11) is 0. The number of primary amides is 1. The molecule has 0 radical (unpaired) electrons. The first-order valence-electron chi connectivity index (χ1n) is 4.92. The molecule has 2 aromatic rings. The van der Waals surface area contributed by atoms with E-state index in [1.54, 1.807) is 23.7 Å². The van der Waals surface area contributed by atoms with Gasteiger partial charge in [0, 0.05) is 17.6 Å². The van der Waals surface area contributed by atoms with Crippen molar-refractivity contribution in [1.29, 1.82) is 0 Å². The molecule has 17 heavy (non-hydrogen) atoms. The van der Waals surface area contributed by atoms with Crippen molar-refractivity contribution in [3.63, 3.8) is 0 Å². The molecule has 0 aliphatic heterocycles. The molecule has 0 atom stereocenters. The number of nitrogens with zero attached hydrogens (tertiary/aromatic N) is 2. The zero-order valence-electron chi connectivity index (χ0n) is 8.89. The molecule has 7 heteroatoms. The number of rotatable bonds is 5. The molecular formula is C10H11BrN4OS. The first-order chi connectivity index (χ1) is 8.13. The number of halogens is 1. The van der Waals surface area contributed by atoms with Crippen LogP contribution in [-0.4, -0.2) is 15.7 Å². The van der Waals surface area contributed by atoms with Crippen molar-refractivity contribution < 1.29 is 4.79 Å². The van der Waals surface area contributed by atoms with Crippen LogP contribution in [0.15, 0.2) is 28.3 Å². The standard InChI is InChI=1S/C10H11BrN4OS/c11-9-2-1-8(17-9)4-13-7-3-14-15(5-7)6-10(12)16/h1-3,5,13H,4,6H2,(H2,12,16). The van der Waals surface area contributed by atoms with Crippen molar-refractivity contribution in [2.45, 2.75) is 13.1 Å². The molecule has 0 spiro atoms. The number of carbonyl (C=O) groups is 1. The maximum Gasteiger partial charge on any atom is 0.239 e. The van der Waals surface area contributed by atoms with E-state index in [0.717, 1.165) is 16.0 Å². The number of aromatic nitrogens is 2. The number of nitrogens with two attached hydrogens (primary N) is 1. The third-order valence-electron chi connectivity index (χ3n) is 2.05. The van der Waals surface area contributed by atoms with Crippen molar-refractivity contribution in [2.75, 3.05) is 5.32 Å². The van der Waals surface area contributed by atoms with Crippen LogP contribution in [0.5, 0.6) is 0 Å². The van der Waals surface area contributed by atoms with Gasteiger partial charge in [-0.15, -0.1) is 11.3 Å². The largest absolute Gasteiger partial charge is 0.378 e. The Morgan fingerprint density at radius 3 is 3.06 bits per heavy atom. The van der Waals surface area contributed by atoms with Crippen LogP contribution in [0.1, 0.15) is 4.88 Å². The van der Waals surface area contributed by atoms with E-state index < -0.39 is 5.91 Å². The zero-order valence-corrected chi connectivity index (χ0v) is 11.3. The van der Waals surface area contributed by atoms with Crippen LogP contribution in [-0.2, 0) is 17.9 Å². The predicted octanol–water partition coefficient (Wildman–Crippen LogP) is 1.80. The summed E-state index contributed by atoms with van der Waals surface area (Å²) in [6.07, 6.45) is 3.43. The number of nitrogens with one attached hydrogen (secondary N) is 1. The maximum atomic E-state index is 10.7. The molecule has 5 nitrogen and oxygen atoms in total. The summed E-state index contributed by atoms with van der Waals surface area (Å²) >= 11 is 5.09. The van der Waals surface area contributed by atoms with Crippen LogP contribution in [0, 0.1) is 0 Å². The first-order valence-corrected chi connectivity index (χ1v) is 6.53. The summed E-state index contributed by atoms with van der Waals surface area (Å²) in [5.41, 5.74) is 5.95. The molecule has 0 aromatic carbocycles. The fourth-order valence-corrected chi connectivity index (χ4v) is 2.76. The third kappa shape index (κ3) is 3.57. The fraction of sp³-hybridized carbons (Fsp3) is 0.200. The van der Waals surface area contributed by atoms with Gasteiger partial charge in [0.05, 0.1) is 15.7 Å². The van der Waals surface area contributed by atoms with Crippen LogP contribution in [0.4, 0.5) is 5.69 Å². The van der Waals surface area contributed by atoms with Gasteiger partial charge in [-0.3, -0.25) is 9.48 Å². The van der Waals surface area contributed by atoms with Crippen LogP contribution < -0.4 is 11.1 Å². The van der Waals surface area contributed by atoms with E-state index in [1.807, 2.05) is 6.07 Å². The fourth-order valence-electron chi connectivity index (χ4n) is 1.34. The number of carbonyl (C=O) groups excluding carboxylic acids is 1. The van der Waals surface area contributed by atoms with Gasteiger partial charge in [0.15, 0.2) is 0 Å². The van der Waals surface area contributed by atoms with Gasteiger partial charge in [-0.2, -0.15) is 5.10 Å². The van der Waals surface area contributed by atoms with E-state index >= 15 is 0 Å². The molecule has 0 unspecified atom stereocenters. The van der Waals surface area contributed by atoms with Crippen molar-refractivity contribution >= 4 is 38.9 Å². The van der Waals surface area contributed by atoms with Gasteiger partial charge in [0.2, 0.25) is 5.91 Å². The smallest absolute Gasteiger partial charge is 0.239 e. The van der Waals surface area contributed by atoms with Crippen LogP contribution in [0.25, 0.3) is 0 Å². The third-order valence-corrected chi connectivity index (χ3v) is 3.67. The van der Waals surface area contributed by atoms with Crippen molar-refractivity contribution in [1.82, 2.24) is 9.78 Å². The van der Waals surface area contributed by atoms with E-state index in [0.29, 0.717) is 0 Å². The van der Waals surface area contributed by atoms with E-state index in [-0.39, 0.29) is 6.54 Å². The van der Waals surface area contributed by atoms with E-state index in [1.165, 1.54) is 9.56 Å². The number of hydrogen-bond acceptors (Lipinski definition) is 4. The summed E-state index contributed by atoms with van der Waals surface area (Å²) in [4.78, 5) is 11.9. The highest BCUT2D eigenvalue weighted by Gasteiger charge is 2.02. The summed E-state index contributed by atoms with van der Waals surface area (Å²) in [6, 6.07) is 4.06. The summed E-state index contributed by atoms with van der Waals surface area (Å²) in [5, 5.41) is 7.24. The van der Waals surface area contributed by atoms with Gasteiger partial charge in [0.25, 0.3) is 0 Å². The lowest BCUT2D eigenvalue weighted by molar-refractivity contribution is -0.118. The van der Waals surface area contributed by atoms with E-state index in [9.17, 15) is 4.79 Å². The summed E-state index contributed by atoms with van der Waals surface area (Å²) < 4.78 is 2.62. The molecule has 0 aliphatic rings. The quantitative estimate of drug-likeness (QED) is 0.884. The Kier molecular flexibility index (Phi) is 3.80. The van der Waals surface area contributed by atoms with Crippen LogP contribution in [0.2, 0.25) is 0 Å². The summed E-state index contributed by atoms with van der Waals surface area (Å²) in [6.45, 7) is 0.838. The Bertz CT molecular complexity index is 522. The SMILES string of the molecule is NC(=O)Cn1cc(NCc2ccc(Br)s2)cn1. The highest BCUT2D eigenvalue weighted by molar-refractivity contribution is 9.11. The van der Waals surface area contributed by atoms with Crippen LogP contribution >= 0.6 is 27.3 Å². The second-order valence-corrected chi connectivity index (χ2v) is 6.00. The second-order valence-electron chi connectivity index (χ2n) is 3.45. The van der Waals surface area contributed by atoms with Crippen molar-refractivity contribution in [2.24, 2.45) is 5.73 Å². The average Bonchev–Trinajstić information content (AvgIpc) is 2.84. The topological polar surface area (TPSA) is 72.9 Å². The Labute approximate surface area is 111 Å². The second kappa shape index (κ2) is 5.33. The Morgan fingerprint density at radius 1 is 1.59 bits per heavy atom. The lowest BCUT2D eigenvalue weighted by Gasteiger charge is -2.00. The number of hydrogen-bond donors (Lipinski definition) is 2.